The van der Waals surface area contributed by atoms with Gasteiger partial charge in [-0.3, -0.25) is 0 Å². The van der Waals surface area contributed by atoms with Gasteiger partial charge < -0.3 is 10.2 Å². The summed E-state index contributed by atoms with van der Waals surface area (Å²) in [5.41, 5.74) is 2.50. The van der Waals surface area contributed by atoms with E-state index in [1.165, 1.54) is 11.4 Å². The predicted octanol–water partition coefficient (Wildman–Crippen LogP) is 2.17. The van der Waals surface area contributed by atoms with Crippen LogP contribution >= 0.6 is 7.92 Å². The van der Waals surface area contributed by atoms with Crippen molar-refractivity contribution in [3.05, 3.63) is 35.4 Å². The second kappa shape index (κ2) is 5.33. The summed E-state index contributed by atoms with van der Waals surface area (Å²) in [6, 6.07) is 0. The van der Waals surface area contributed by atoms with Crippen molar-refractivity contribution in [1.82, 2.24) is 10.2 Å². The molecule has 0 spiro atoms. The molecule has 0 amide bonds. The summed E-state index contributed by atoms with van der Waals surface area (Å²) in [4.78, 5) is 2.16. The Morgan fingerprint density at radius 1 is 1.43 bits per heavy atom. The van der Waals surface area contributed by atoms with Crippen LogP contribution in [0.4, 0.5) is 0 Å². The summed E-state index contributed by atoms with van der Waals surface area (Å²) in [5, 5.41) is 3.43. The minimum atomic E-state index is 0.0207. The molecule has 14 heavy (non-hydrogen) atoms. The summed E-state index contributed by atoms with van der Waals surface area (Å²) in [7, 11) is 4.18. The van der Waals surface area contributed by atoms with E-state index < -0.39 is 0 Å². The number of dihydropyridines is 1. The lowest BCUT2D eigenvalue weighted by molar-refractivity contribution is 0.436. The van der Waals surface area contributed by atoms with Crippen molar-refractivity contribution in [3.8, 4) is 0 Å². The van der Waals surface area contributed by atoms with Crippen LogP contribution in [-0.4, -0.2) is 38.9 Å². The zero-order chi connectivity index (χ0) is 10.6. The molecule has 0 atom stereocenters. The Morgan fingerprint density at radius 3 is 2.71 bits per heavy atom. The predicted molar refractivity (Wildman–Crippen MR) is 65.8 cm³/mol. The smallest absolute Gasteiger partial charge is 0.0386 e. The molecule has 0 aromatic rings. The second-order valence-electron chi connectivity index (χ2n) is 3.96. The van der Waals surface area contributed by atoms with Gasteiger partial charge in [-0.1, -0.05) is 14.0 Å². The van der Waals surface area contributed by atoms with E-state index in [9.17, 15) is 0 Å². The fourth-order valence-corrected chi connectivity index (χ4v) is 2.03. The molecule has 0 aliphatic carbocycles. The van der Waals surface area contributed by atoms with Crippen LogP contribution in [0, 0.1) is 0 Å². The van der Waals surface area contributed by atoms with Crippen LogP contribution in [0.25, 0.3) is 0 Å². The summed E-state index contributed by atoms with van der Waals surface area (Å²) >= 11 is 0. The van der Waals surface area contributed by atoms with Crippen LogP contribution in [0.1, 0.15) is 0 Å². The summed E-state index contributed by atoms with van der Waals surface area (Å²) < 4.78 is 0. The van der Waals surface area contributed by atoms with Crippen molar-refractivity contribution in [1.29, 1.82) is 0 Å². The Morgan fingerprint density at radius 2 is 2.14 bits per heavy atom. The number of hydrogen-bond donors (Lipinski definition) is 1. The maximum absolute atomic E-state index is 3.43. The van der Waals surface area contributed by atoms with Crippen LogP contribution in [0.15, 0.2) is 35.4 Å². The van der Waals surface area contributed by atoms with Crippen molar-refractivity contribution in [2.75, 3.05) is 34.0 Å². The summed E-state index contributed by atoms with van der Waals surface area (Å²) in [5.74, 6) is 2.30. The number of allylic oxidation sites excluding steroid dienone is 3. The van der Waals surface area contributed by atoms with E-state index in [0.717, 1.165) is 6.54 Å². The summed E-state index contributed by atoms with van der Waals surface area (Å²) in [6.45, 7) is 5.47. The zero-order valence-electron chi connectivity index (χ0n) is 9.41. The normalized spacial score (nSPS) is 19.0. The second-order valence-corrected chi connectivity index (χ2v) is 6.15. The molecule has 0 radical (unpaired) electrons. The number of nitrogens with zero attached hydrogens (tertiary/aromatic N) is 1. The van der Waals surface area contributed by atoms with Gasteiger partial charge in [-0.25, -0.2) is 0 Å². The van der Waals surface area contributed by atoms with Gasteiger partial charge in [0.15, 0.2) is 0 Å². The molecule has 0 bridgehead atoms. The average Bonchev–Trinajstić information content (AvgIpc) is 2.01. The minimum absolute atomic E-state index is 0.0207. The standard InChI is InChI=1S/C11H19N2P/c1-13(2)8-10-6-5-7-11(12-10)9-14(3)4/h5-7,9,12H,8H2,1-4H3. The Bertz CT molecular complexity index is 275. The molecular formula is C11H19N2P. The third-order valence-electron chi connectivity index (χ3n) is 1.76. The lowest BCUT2D eigenvalue weighted by Crippen LogP contribution is -2.24. The Labute approximate surface area is 88.1 Å². The topological polar surface area (TPSA) is 15.3 Å². The molecule has 1 N–H and O–H groups in total. The van der Waals surface area contributed by atoms with Gasteiger partial charge in [-0.15, -0.1) is 0 Å². The highest BCUT2D eigenvalue weighted by atomic mass is 31.1. The molecule has 78 valence electrons. The highest BCUT2D eigenvalue weighted by Gasteiger charge is 2.03. The van der Waals surface area contributed by atoms with Crippen molar-refractivity contribution in [3.63, 3.8) is 0 Å². The SMILES string of the molecule is CN(C)CC1=CC=CC(=CP(C)C)N1. The number of rotatable bonds is 3. The molecule has 0 aromatic heterocycles. The molecule has 0 fully saturated rings. The van der Waals surface area contributed by atoms with Crippen molar-refractivity contribution in [2.45, 2.75) is 0 Å². The van der Waals surface area contributed by atoms with Crippen LogP contribution in [-0.2, 0) is 0 Å². The highest BCUT2D eigenvalue weighted by molar-refractivity contribution is 7.59. The van der Waals surface area contributed by atoms with Crippen LogP contribution < -0.4 is 5.32 Å². The number of likely N-dealkylation sites (N-methyl/N-ethyl adjacent to an activating group) is 1. The zero-order valence-corrected chi connectivity index (χ0v) is 10.3. The van der Waals surface area contributed by atoms with Gasteiger partial charge in [0.1, 0.15) is 0 Å². The molecule has 2 nitrogen and oxygen atoms in total. The molecule has 1 aliphatic rings. The third kappa shape index (κ3) is 4.08. The van der Waals surface area contributed by atoms with E-state index in [1.807, 2.05) is 0 Å². The van der Waals surface area contributed by atoms with E-state index >= 15 is 0 Å². The first kappa shape index (κ1) is 11.5. The molecule has 0 saturated heterocycles. The first-order valence-corrected chi connectivity index (χ1v) is 7.05. The maximum atomic E-state index is 3.43. The van der Waals surface area contributed by atoms with E-state index in [0.29, 0.717) is 0 Å². The largest absolute Gasteiger partial charge is 0.358 e. The monoisotopic (exact) mass is 210 g/mol. The molecule has 1 heterocycles. The van der Waals surface area contributed by atoms with E-state index in [4.69, 9.17) is 0 Å². The number of hydrogen-bond acceptors (Lipinski definition) is 2. The van der Waals surface area contributed by atoms with Crippen LogP contribution in [0.3, 0.4) is 0 Å². The van der Waals surface area contributed by atoms with E-state index in [1.54, 1.807) is 0 Å². The lowest BCUT2D eigenvalue weighted by atomic mass is 10.2. The Hall–Kier alpha value is -0.590. The van der Waals surface area contributed by atoms with Gasteiger partial charge in [-0.2, -0.15) is 0 Å². The Kier molecular flexibility index (Phi) is 4.37. The molecule has 0 aromatic carbocycles. The van der Waals surface area contributed by atoms with E-state index in [2.05, 4.69) is 61.7 Å². The van der Waals surface area contributed by atoms with Gasteiger partial charge in [0.25, 0.3) is 0 Å². The third-order valence-corrected chi connectivity index (χ3v) is 2.56. The summed E-state index contributed by atoms with van der Waals surface area (Å²) in [6.07, 6.45) is 6.37. The van der Waals surface area contributed by atoms with Crippen LogP contribution in [0.2, 0.25) is 0 Å². The van der Waals surface area contributed by atoms with Gasteiger partial charge in [0, 0.05) is 17.9 Å². The molecule has 1 rings (SSSR count). The van der Waals surface area contributed by atoms with E-state index in [-0.39, 0.29) is 7.92 Å². The highest BCUT2D eigenvalue weighted by Crippen LogP contribution is 2.28. The maximum Gasteiger partial charge on any atom is 0.0386 e. The fraction of sp³-hybridized carbons (Fsp3) is 0.455. The number of nitrogens with one attached hydrogen (secondary N) is 1. The molecule has 1 aliphatic heterocycles. The molecule has 0 saturated carbocycles. The van der Waals surface area contributed by atoms with Crippen molar-refractivity contribution >= 4 is 7.92 Å². The Balaban J connectivity index is 2.59. The van der Waals surface area contributed by atoms with Gasteiger partial charge in [0.2, 0.25) is 0 Å². The first-order chi connectivity index (χ1) is 6.58. The van der Waals surface area contributed by atoms with Crippen LogP contribution in [0.5, 0.6) is 0 Å². The van der Waals surface area contributed by atoms with Crippen molar-refractivity contribution < 1.29 is 0 Å². The van der Waals surface area contributed by atoms with Crippen molar-refractivity contribution in [2.24, 2.45) is 0 Å². The fourth-order valence-electron chi connectivity index (χ4n) is 1.32. The lowest BCUT2D eigenvalue weighted by Gasteiger charge is -2.19. The quantitative estimate of drug-likeness (QED) is 0.718. The molecule has 3 heteroatoms. The minimum Gasteiger partial charge on any atom is -0.358 e. The van der Waals surface area contributed by atoms with Gasteiger partial charge in [0.05, 0.1) is 0 Å². The first-order valence-electron chi connectivity index (χ1n) is 4.75. The average molecular weight is 210 g/mol. The molecule has 0 unspecified atom stereocenters. The molecular weight excluding hydrogens is 191 g/mol. The van der Waals surface area contributed by atoms with Gasteiger partial charge in [-0.05, 0) is 45.4 Å². The van der Waals surface area contributed by atoms with Gasteiger partial charge >= 0.3 is 0 Å².